The van der Waals surface area contributed by atoms with E-state index < -0.39 is 0 Å². The van der Waals surface area contributed by atoms with Gasteiger partial charge in [-0.3, -0.25) is 0 Å². The Balaban J connectivity index is 1.71. The Kier molecular flexibility index (Phi) is 4.04. The van der Waals surface area contributed by atoms with Gasteiger partial charge in [0.25, 0.3) is 0 Å². The zero-order chi connectivity index (χ0) is 18.1. The number of hydrogen-bond acceptors (Lipinski definition) is 2. The van der Waals surface area contributed by atoms with Gasteiger partial charge in [0, 0.05) is 16.0 Å². The first-order chi connectivity index (χ1) is 13.4. The summed E-state index contributed by atoms with van der Waals surface area (Å²) in [6.45, 7) is 0. The second-order valence-electron chi connectivity index (χ2n) is 6.53. The predicted octanol–water partition coefficient (Wildman–Crippen LogP) is 7.30. The van der Waals surface area contributed by atoms with E-state index in [1.807, 2.05) is 6.07 Å². The molecule has 0 radical (unpaired) electrons. The number of benzene rings is 3. The third-order valence-corrected chi connectivity index (χ3v) is 5.66. The van der Waals surface area contributed by atoms with E-state index in [0.29, 0.717) is 0 Å². The first kappa shape index (κ1) is 16.0. The van der Waals surface area contributed by atoms with Crippen molar-refractivity contribution >= 4 is 22.1 Å². The highest BCUT2D eigenvalue weighted by Gasteiger charge is 2.10. The zero-order valence-corrected chi connectivity index (χ0v) is 15.5. The number of fused-ring (bicyclic) bond motifs is 1. The van der Waals surface area contributed by atoms with Crippen molar-refractivity contribution in [3.8, 4) is 33.0 Å². The first-order valence-corrected chi connectivity index (χ1v) is 9.85. The summed E-state index contributed by atoms with van der Waals surface area (Å²) in [4.78, 5) is 6.26. The molecule has 0 unspecified atom stereocenters. The van der Waals surface area contributed by atoms with Gasteiger partial charge in [0.1, 0.15) is 0 Å². The second kappa shape index (κ2) is 6.82. The number of rotatable bonds is 3. The molecule has 0 bridgehead atoms. The van der Waals surface area contributed by atoms with Crippen LogP contribution >= 0.6 is 11.3 Å². The number of hydrogen-bond donors (Lipinski definition) is 0. The molecule has 2 aromatic heterocycles. The molecule has 0 saturated carbocycles. The van der Waals surface area contributed by atoms with Crippen LogP contribution in [0.25, 0.3) is 43.7 Å². The van der Waals surface area contributed by atoms with Crippen molar-refractivity contribution < 1.29 is 0 Å². The van der Waals surface area contributed by atoms with E-state index in [1.165, 1.54) is 21.2 Å². The molecule has 0 saturated heterocycles. The van der Waals surface area contributed by atoms with Crippen molar-refractivity contribution in [3.63, 3.8) is 0 Å². The highest BCUT2D eigenvalue weighted by molar-refractivity contribution is 7.13. The van der Waals surface area contributed by atoms with Gasteiger partial charge < -0.3 is 0 Å². The molecule has 0 aliphatic rings. The van der Waals surface area contributed by atoms with E-state index in [9.17, 15) is 0 Å². The van der Waals surface area contributed by atoms with Crippen LogP contribution in [0.2, 0.25) is 0 Å². The van der Waals surface area contributed by atoms with E-state index >= 15 is 0 Å². The molecule has 0 fully saturated rings. The highest BCUT2D eigenvalue weighted by atomic mass is 32.1. The number of aromatic nitrogens is 1. The first-order valence-electron chi connectivity index (χ1n) is 8.97. The summed E-state index contributed by atoms with van der Waals surface area (Å²) < 4.78 is 0. The minimum atomic E-state index is 1.00. The highest BCUT2D eigenvalue weighted by Crippen LogP contribution is 2.33. The van der Waals surface area contributed by atoms with Crippen molar-refractivity contribution in [1.29, 1.82) is 0 Å². The molecule has 0 aliphatic heterocycles. The summed E-state index contributed by atoms with van der Waals surface area (Å²) in [5.41, 5.74) is 5.50. The number of thiophene rings is 1. The van der Waals surface area contributed by atoms with Crippen LogP contribution in [0.1, 0.15) is 0 Å². The number of nitrogens with zero attached hydrogens (tertiary/aromatic N) is 1. The smallest absolute Gasteiger partial charge is 0.0716 e. The Morgan fingerprint density at radius 3 is 2.04 bits per heavy atom. The van der Waals surface area contributed by atoms with Crippen LogP contribution in [0.15, 0.2) is 102 Å². The Hall–Kier alpha value is -3.23. The Morgan fingerprint density at radius 2 is 1.26 bits per heavy atom. The van der Waals surface area contributed by atoms with E-state index in [0.717, 1.165) is 22.5 Å². The van der Waals surface area contributed by atoms with Crippen LogP contribution in [-0.2, 0) is 0 Å². The van der Waals surface area contributed by atoms with Gasteiger partial charge in [0.2, 0.25) is 0 Å². The molecule has 128 valence electrons. The van der Waals surface area contributed by atoms with Gasteiger partial charge in [-0.25, -0.2) is 4.98 Å². The molecule has 1 nitrogen and oxygen atoms in total. The maximum atomic E-state index is 5.00. The van der Waals surface area contributed by atoms with Crippen LogP contribution in [0, 0.1) is 0 Å². The third-order valence-electron chi connectivity index (χ3n) is 4.75. The zero-order valence-electron chi connectivity index (χ0n) is 14.7. The van der Waals surface area contributed by atoms with Gasteiger partial charge in [-0.15, -0.1) is 11.3 Å². The summed E-state index contributed by atoms with van der Waals surface area (Å²) in [6.07, 6.45) is 0. The molecular weight excluding hydrogens is 346 g/mol. The van der Waals surface area contributed by atoms with Gasteiger partial charge in [0.15, 0.2) is 0 Å². The quantitative estimate of drug-likeness (QED) is 0.328. The Bertz CT molecular complexity index is 1210. The SMILES string of the molecule is c1ccc(-c2cc(-c3cccs3)cc(-c3ccc4ccccc4c3)n2)cc1. The third kappa shape index (κ3) is 3.16. The molecule has 27 heavy (non-hydrogen) atoms. The standard InChI is InChI=1S/C25H17NS/c1-2-8-19(9-3-1)23-16-22(25-11-6-14-27-25)17-24(26-23)21-13-12-18-7-4-5-10-20(18)15-21/h1-17H. The molecule has 0 aliphatic carbocycles. The van der Waals surface area contributed by atoms with Gasteiger partial charge in [-0.05, 0) is 46.0 Å². The monoisotopic (exact) mass is 363 g/mol. The summed E-state index contributed by atoms with van der Waals surface area (Å²) in [5.74, 6) is 0. The largest absolute Gasteiger partial charge is 0.248 e. The number of pyridine rings is 1. The second-order valence-corrected chi connectivity index (χ2v) is 7.48. The fraction of sp³-hybridized carbons (Fsp3) is 0. The molecule has 2 heteroatoms. The molecule has 0 N–H and O–H groups in total. The molecular formula is C25H17NS. The van der Waals surface area contributed by atoms with Crippen LogP contribution in [0.5, 0.6) is 0 Å². The molecule has 0 atom stereocenters. The van der Waals surface area contributed by atoms with Gasteiger partial charge in [-0.1, -0.05) is 72.8 Å². The van der Waals surface area contributed by atoms with E-state index in [4.69, 9.17) is 4.98 Å². The van der Waals surface area contributed by atoms with Gasteiger partial charge >= 0.3 is 0 Å². The summed E-state index contributed by atoms with van der Waals surface area (Å²) in [7, 11) is 0. The molecule has 5 rings (SSSR count). The lowest BCUT2D eigenvalue weighted by Gasteiger charge is -2.10. The maximum Gasteiger partial charge on any atom is 0.0716 e. The van der Waals surface area contributed by atoms with E-state index in [-0.39, 0.29) is 0 Å². The van der Waals surface area contributed by atoms with Crippen LogP contribution < -0.4 is 0 Å². The molecule has 0 amide bonds. The van der Waals surface area contributed by atoms with Crippen molar-refractivity contribution in [1.82, 2.24) is 4.98 Å². The fourth-order valence-corrected chi connectivity index (χ4v) is 4.08. The molecule has 2 heterocycles. The van der Waals surface area contributed by atoms with Crippen LogP contribution in [0.3, 0.4) is 0 Å². The van der Waals surface area contributed by atoms with Crippen LogP contribution in [-0.4, -0.2) is 4.98 Å². The van der Waals surface area contributed by atoms with Gasteiger partial charge in [0.05, 0.1) is 11.4 Å². The molecule has 3 aromatic carbocycles. The molecule has 0 spiro atoms. The minimum absolute atomic E-state index is 1.00. The van der Waals surface area contributed by atoms with Crippen molar-refractivity contribution in [3.05, 3.63) is 102 Å². The Labute approximate surface area is 162 Å². The van der Waals surface area contributed by atoms with Gasteiger partial charge in [-0.2, -0.15) is 0 Å². The van der Waals surface area contributed by atoms with Crippen molar-refractivity contribution in [2.24, 2.45) is 0 Å². The topological polar surface area (TPSA) is 12.9 Å². The minimum Gasteiger partial charge on any atom is -0.248 e. The molecule has 5 aromatic rings. The average molecular weight is 363 g/mol. The lowest BCUT2D eigenvalue weighted by Crippen LogP contribution is -1.90. The van der Waals surface area contributed by atoms with E-state index in [2.05, 4.69) is 96.4 Å². The van der Waals surface area contributed by atoms with E-state index in [1.54, 1.807) is 11.3 Å². The predicted molar refractivity (Wildman–Crippen MR) is 116 cm³/mol. The summed E-state index contributed by atoms with van der Waals surface area (Å²) in [5, 5.41) is 4.60. The Morgan fingerprint density at radius 1 is 0.519 bits per heavy atom. The van der Waals surface area contributed by atoms with Crippen molar-refractivity contribution in [2.75, 3.05) is 0 Å². The van der Waals surface area contributed by atoms with Crippen LogP contribution in [0.4, 0.5) is 0 Å². The summed E-state index contributed by atoms with van der Waals surface area (Å²) >= 11 is 1.76. The summed E-state index contributed by atoms with van der Waals surface area (Å²) in [6, 6.07) is 34.0. The fourth-order valence-electron chi connectivity index (χ4n) is 3.37. The lowest BCUT2D eigenvalue weighted by atomic mass is 10.0. The van der Waals surface area contributed by atoms with Crippen molar-refractivity contribution in [2.45, 2.75) is 0 Å². The maximum absolute atomic E-state index is 5.00. The normalized spacial score (nSPS) is 11.0. The lowest BCUT2D eigenvalue weighted by molar-refractivity contribution is 1.33. The average Bonchev–Trinajstić information content (AvgIpc) is 3.29.